The number of hydrogen-bond acceptors (Lipinski definition) is 3. The van der Waals surface area contributed by atoms with Crippen molar-refractivity contribution in [3.05, 3.63) is 35.9 Å². The molecule has 19 heavy (non-hydrogen) atoms. The van der Waals surface area contributed by atoms with Crippen molar-refractivity contribution in [1.82, 2.24) is 10.2 Å². The molecular formula is C16H28N2O. The van der Waals surface area contributed by atoms with E-state index in [2.05, 4.69) is 43.1 Å². The van der Waals surface area contributed by atoms with Crippen LogP contribution in [0, 0.1) is 5.92 Å². The number of nitrogens with zero attached hydrogens (tertiary/aromatic N) is 1. The number of aliphatic hydroxyl groups is 1. The summed E-state index contributed by atoms with van der Waals surface area (Å²) in [6, 6.07) is 10.2. The van der Waals surface area contributed by atoms with Gasteiger partial charge in [-0.3, -0.25) is 0 Å². The molecule has 0 radical (unpaired) electrons. The topological polar surface area (TPSA) is 35.5 Å². The smallest absolute Gasteiger partial charge is 0.0795 e. The van der Waals surface area contributed by atoms with Crippen molar-refractivity contribution in [2.75, 3.05) is 33.3 Å². The highest BCUT2D eigenvalue weighted by atomic mass is 16.3. The predicted molar refractivity (Wildman–Crippen MR) is 81.2 cm³/mol. The van der Waals surface area contributed by atoms with Crippen LogP contribution in [0.15, 0.2) is 30.3 Å². The van der Waals surface area contributed by atoms with Gasteiger partial charge in [0.15, 0.2) is 0 Å². The molecule has 0 heterocycles. The minimum Gasteiger partial charge on any atom is -0.394 e. The van der Waals surface area contributed by atoms with Gasteiger partial charge in [0.2, 0.25) is 0 Å². The molecule has 0 aromatic heterocycles. The predicted octanol–water partition coefficient (Wildman–Crippen LogP) is 2.07. The van der Waals surface area contributed by atoms with Crippen LogP contribution in [-0.4, -0.2) is 43.3 Å². The number of nitrogens with one attached hydrogen (secondary N) is 1. The first-order chi connectivity index (χ1) is 9.07. The zero-order valence-electron chi connectivity index (χ0n) is 12.7. The molecule has 0 aliphatic rings. The largest absolute Gasteiger partial charge is 0.394 e. The second kappa shape index (κ2) is 7.63. The minimum absolute atomic E-state index is 0.0993. The maximum Gasteiger partial charge on any atom is 0.0795 e. The van der Waals surface area contributed by atoms with Crippen molar-refractivity contribution in [3.63, 3.8) is 0 Å². The number of aliphatic hydroxyl groups excluding tert-OH is 1. The summed E-state index contributed by atoms with van der Waals surface area (Å²) in [6.07, 6.45) is 0. The molecule has 1 unspecified atom stereocenters. The van der Waals surface area contributed by atoms with Gasteiger partial charge in [-0.15, -0.1) is 0 Å². The maximum absolute atomic E-state index is 9.92. The molecule has 1 rings (SSSR count). The fourth-order valence-corrected chi connectivity index (χ4v) is 2.50. The summed E-state index contributed by atoms with van der Waals surface area (Å²) in [4.78, 5) is 2.39. The highest BCUT2D eigenvalue weighted by Gasteiger charge is 2.31. The molecular weight excluding hydrogens is 236 g/mol. The zero-order chi connectivity index (χ0) is 14.3. The third-order valence-corrected chi connectivity index (χ3v) is 3.64. The maximum atomic E-state index is 9.92. The van der Waals surface area contributed by atoms with Crippen LogP contribution in [0.5, 0.6) is 0 Å². The average molecular weight is 264 g/mol. The van der Waals surface area contributed by atoms with Gasteiger partial charge in [-0.1, -0.05) is 51.1 Å². The van der Waals surface area contributed by atoms with Crippen LogP contribution < -0.4 is 5.32 Å². The lowest BCUT2D eigenvalue weighted by atomic mass is 9.90. The van der Waals surface area contributed by atoms with E-state index in [4.69, 9.17) is 0 Å². The van der Waals surface area contributed by atoms with Crippen LogP contribution >= 0.6 is 0 Å². The van der Waals surface area contributed by atoms with E-state index < -0.39 is 0 Å². The van der Waals surface area contributed by atoms with E-state index in [-0.39, 0.29) is 12.1 Å². The molecule has 2 N–H and O–H groups in total. The lowest BCUT2D eigenvalue weighted by molar-refractivity contribution is 0.109. The highest BCUT2D eigenvalue weighted by molar-refractivity contribution is 5.25. The van der Waals surface area contributed by atoms with Crippen molar-refractivity contribution in [3.8, 4) is 0 Å². The molecule has 0 fully saturated rings. The second-order valence-electron chi connectivity index (χ2n) is 5.58. The van der Waals surface area contributed by atoms with Crippen molar-refractivity contribution in [2.24, 2.45) is 5.92 Å². The molecule has 3 heteroatoms. The van der Waals surface area contributed by atoms with E-state index >= 15 is 0 Å². The molecule has 0 saturated carbocycles. The van der Waals surface area contributed by atoms with E-state index in [9.17, 15) is 5.11 Å². The highest BCUT2D eigenvalue weighted by Crippen LogP contribution is 2.22. The molecule has 108 valence electrons. The summed E-state index contributed by atoms with van der Waals surface area (Å²) in [5, 5.41) is 13.2. The number of rotatable bonds is 8. The lowest BCUT2D eigenvalue weighted by Crippen LogP contribution is -2.52. The molecule has 0 saturated heterocycles. The van der Waals surface area contributed by atoms with Crippen LogP contribution in [0.1, 0.15) is 26.3 Å². The van der Waals surface area contributed by atoms with E-state index in [0.717, 1.165) is 25.2 Å². The molecule has 0 spiro atoms. The average Bonchev–Trinajstić information content (AvgIpc) is 2.44. The Kier molecular flexibility index (Phi) is 6.49. The summed E-state index contributed by atoms with van der Waals surface area (Å²) in [7, 11) is 1.92. The van der Waals surface area contributed by atoms with Gasteiger partial charge in [-0.05, 0) is 25.1 Å². The van der Waals surface area contributed by atoms with Crippen molar-refractivity contribution < 1.29 is 5.11 Å². The fourth-order valence-electron chi connectivity index (χ4n) is 2.50. The normalized spacial score (nSPS) is 14.9. The number of benzene rings is 1. The monoisotopic (exact) mass is 264 g/mol. The SMILES string of the molecule is CCN(CC(C)C)CC(CO)(NC)c1ccccc1. The summed E-state index contributed by atoms with van der Waals surface area (Å²) in [5.41, 5.74) is 0.758. The van der Waals surface area contributed by atoms with Crippen LogP contribution in [0.3, 0.4) is 0 Å². The van der Waals surface area contributed by atoms with Crippen LogP contribution in [0.25, 0.3) is 0 Å². The lowest BCUT2D eigenvalue weighted by Gasteiger charge is -2.37. The third-order valence-electron chi connectivity index (χ3n) is 3.64. The van der Waals surface area contributed by atoms with Gasteiger partial charge in [0, 0.05) is 13.1 Å². The molecule has 0 aliphatic heterocycles. The quantitative estimate of drug-likeness (QED) is 0.754. The second-order valence-corrected chi connectivity index (χ2v) is 5.58. The van der Waals surface area contributed by atoms with Gasteiger partial charge in [0.05, 0.1) is 12.1 Å². The van der Waals surface area contributed by atoms with Crippen LogP contribution in [0.2, 0.25) is 0 Å². The van der Waals surface area contributed by atoms with E-state index in [1.165, 1.54) is 0 Å². The Labute approximate surface area is 117 Å². The van der Waals surface area contributed by atoms with E-state index in [0.29, 0.717) is 5.92 Å². The first-order valence-corrected chi connectivity index (χ1v) is 7.15. The van der Waals surface area contributed by atoms with Gasteiger partial charge < -0.3 is 15.3 Å². The van der Waals surface area contributed by atoms with Crippen molar-refractivity contribution in [2.45, 2.75) is 26.3 Å². The Morgan fingerprint density at radius 2 is 1.89 bits per heavy atom. The molecule has 0 bridgehead atoms. The number of hydrogen-bond donors (Lipinski definition) is 2. The third kappa shape index (κ3) is 4.30. The standard InChI is InChI=1S/C16H28N2O/c1-5-18(11-14(2)3)12-16(13-19,17-4)15-9-7-6-8-10-15/h6-10,14,17,19H,5,11-13H2,1-4H3. The Hall–Kier alpha value is -0.900. The summed E-state index contributed by atoms with van der Waals surface area (Å²) >= 11 is 0. The Morgan fingerprint density at radius 3 is 2.32 bits per heavy atom. The summed E-state index contributed by atoms with van der Waals surface area (Å²) in [6.45, 7) is 9.59. The van der Waals surface area contributed by atoms with E-state index in [1.807, 2.05) is 25.2 Å². The van der Waals surface area contributed by atoms with Crippen molar-refractivity contribution >= 4 is 0 Å². The zero-order valence-corrected chi connectivity index (χ0v) is 12.7. The Balaban J connectivity index is 2.93. The molecule has 1 atom stereocenters. The van der Waals surface area contributed by atoms with Crippen molar-refractivity contribution in [1.29, 1.82) is 0 Å². The first kappa shape index (κ1) is 16.2. The Bertz CT molecular complexity index is 347. The number of likely N-dealkylation sites (N-methyl/N-ethyl adjacent to an activating group) is 2. The molecule has 0 amide bonds. The summed E-state index contributed by atoms with van der Waals surface area (Å²) in [5.74, 6) is 0.629. The summed E-state index contributed by atoms with van der Waals surface area (Å²) < 4.78 is 0. The van der Waals surface area contributed by atoms with Gasteiger partial charge >= 0.3 is 0 Å². The molecule has 3 nitrogen and oxygen atoms in total. The first-order valence-electron chi connectivity index (χ1n) is 7.15. The molecule has 0 aliphatic carbocycles. The van der Waals surface area contributed by atoms with Gasteiger partial charge in [0.25, 0.3) is 0 Å². The van der Waals surface area contributed by atoms with Gasteiger partial charge in [0.1, 0.15) is 0 Å². The molecule has 1 aromatic rings. The fraction of sp³-hybridized carbons (Fsp3) is 0.625. The van der Waals surface area contributed by atoms with Crippen LogP contribution in [-0.2, 0) is 5.54 Å². The minimum atomic E-state index is -0.383. The van der Waals surface area contributed by atoms with Gasteiger partial charge in [-0.2, -0.15) is 0 Å². The molecule has 1 aromatic carbocycles. The van der Waals surface area contributed by atoms with Crippen LogP contribution in [0.4, 0.5) is 0 Å². The van der Waals surface area contributed by atoms with Gasteiger partial charge in [-0.25, -0.2) is 0 Å². The Morgan fingerprint density at radius 1 is 1.26 bits per heavy atom. The van der Waals surface area contributed by atoms with E-state index in [1.54, 1.807) is 0 Å².